The molecule has 0 unspecified atom stereocenters. The Balaban J connectivity index is 3.13. The average molecular weight is 202 g/mol. The highest BCUT2D eigenvalue weighted by molar-refractivity contribution is 6.31. The second kappa shape index (κ2) is 4.35. The number of rotatable bonds is 3. The van der Waals surface area contributed by atoms with E-state index in [2.05, 4.69) is 5.32 Å². The molecule has 0 aliphatic rings. The van der Waals surface area contributed by atoms with E-state index >= 15 is 0 Å². The van der Waals surface area contributed by atoms with Gasteiger partial charge in [-0.1, -0.05) is 11.6 Å². The molecule has 72 valence electrons. The van der Waals surface area contributed by atoms with Crippen molar-refractivity contribution in [2.24, 2.45) is 0 Å². The Morgan fingerprint density at radius 3 is 2.77 bits per heavy atom. The Morgan fingerprint density at radius 1 is 1.54 bits per heavy atom. The molecule has 1 aromatic rings. The molecule has 13 heavy (non-hydrogen) atoms. The van der Waals surface area contributed by atoms with E-state index in [-0.39, 0.29) is 5.75 Å². The first-order chi connectivity index (χ1) is 6.20. The summed E-state index contributed by atoms with van der Waals surface area (Å²) in [6.07, 6.45) is 0. The van der Waals surface area contributed by atoms with E-state index in [1.54, 1.807) is 19.2 Å². The molecule has 0 radical (unpaired) electrons. The van der Waals surface area contributed by atoms with Crippen molar-refractivity contribution in [1.82, 2.24) is 5.32 Å². The van der Waals surface area contributed by atoms with E-state index in [4.69, 9.17) is 16.3 Å². The first kappa shape index (κ1) is 10.2. The van der Waals surface area contributed by atoms with Gasteiger partial charge in [-0.3, -0.25) is 0 Å². The average Bonchev–Trinajstić information content (AvgIpc) is 2.12. The summed E-state index contributed by atoms with van der Waals surface area (Å²) in [5.74, 6) is 0.541. The molecule has 0 heterocycles. The summed E-state index contributed by atoms with van der Waals surface area (Å²) >= 11 is 5.88. The van der Waals surface area contributed by atoms with Gasteiger partial charge in [0.15, 0.2) is 11.5 Å². The number of benzene rings is 1. The van der Waals surface area contributed by atoms with Crippen molar-refractivity contribution in [1.29, 1.82) is 0 Å². The third-order valence-electron chi connectivity index (χ3n) is 1.76. The summed E-state index contributed by atoms with van der Waals surface area (Å²) in [5.41, 5.74) is 0.656. The number of methoxy groups -OCH3 is 1. The minimum absolute atomic E-state index is 0.101. The first-order valence-electron chi connectivity index (χ1n) is 3.89. The molecule has 2 N–H and O–H groups in total. The van der Waals surface area contributed by atoms with Crippen LogP contribution in [0.25, 0.3) is 0 Å². The molecule has 0 amide bonds. The van der Waals surface area contributed by atoms with Crippen LogP contribution < -0.4 is 10.1 Å². The number of hydrogen-bond acceptors (Lipinski definition) is 3. The zero-order valence-electron chi connectivity index (χ0n) is 7.60. The van der Waals surface area contributed by atoms with E-state index < -0.39 is 0 Å². The molecule has 0 atom stereocenters. The number of nitrogens with one attached hydrogen (secondary N) is 1. The summed E-state index contributed by atoms with van der Waals surface area (Å²) in [6, 6.07) is 3.34. The standard InChI is InChI=1S/C9H12ClNO2/c1-11-5-6-7(10)3-4-8(13-2)9(6)12/h3-4,11-12H,5H2,1-2H3. The lowest BCUT2D eigenvalue weighted by Crippen LogP contribution is -2.06. The number of aromatic hydroxyl groups is 1. The fourth-order valence-corrected chi connectivity index (χ4v) is 1.32. The lowest BCUT2D eigenvalue weighted by atomic mass is 10.2. The minimum atomic E-state index is 0.101. The van der Waals surface area contributed by atoms with Gasteiger partial charge in [0.2, 0.25) is 0 Å². The molecule has 0 bridgehead atoms. The quantitative estimate of drug-likeness (QED) is 0.784. The number of halogens is 1. The number of ether oxygens (including phenoxy) is 1. The molecule has 0 aromatic heterocycles. The zero-order valence-corrected chi connectivity index (χ0v) is 8.35. The summed E-state index contributed by atoms with van der Waals surface area (Å²) < 4.78 is 4.95. The smallest absolute Gasteiger partial charge is 0.163 e. The fraction of sp³-hybridized carbons (Fsp3) is 0.333. The van der Waals surface area contributed by atoms with Crippen LogP contribution in [0.3, 0.4) is 0 Å². The SMILES string of the molecule is CNCc1c(Cl)ccc(OC)c1O. The number of phenolic OH excluding ortho intramolecular Hbond substituents is 1. The molecule has 4 heteroatoms. The van der Waals surface area contributed by atoms with Gasteiger partial charge in [0.25, 0.3) is 0 Å². The van der Waals surface area contributed by atoms with Crippen molar-refractivity contribution < 1.29 is 9.84 Å². The van der Waals surface area contributed by atoms with E-state index in [0.29, 0.717) is 22.9 Å². The monoisotopic (exact) mass is 201 g/mol. The summed E-state index contributed by atoms with van der Waals surface area (Å²) in [4.78, 5) is 0. The van der Waals surface area contributed by atoms with Crippen LogP contribution in [-0.2, 0) is 6.54 Å². The molecule has 0 aliphatic heterocycles. The van der Waals surface area contributed by atoms with Gasteiger partial charge >= 0.3 is 0 Å². The number of phenols is 1. The Morgan fingerprint density at radius 2 is 2.23 bits per heavy atom. The molecule has 0 fully saturated rings. The molecule has 1 rings (SSSR count). The van der Waals surface area contributed by atoms with E-state index in [9.17, 15) is 5.11 Å². The Bertz CT molecular complexity index is 302. The number of hydrogen-bond donors (Lipinski definition) is 2. The molecule has 0 aliphatic carbocycles. The first-order valence-corrected chi connectivity index (χ1v) is 4.27. The van der Waals surface area contributed by atoms with Gasteiger partial charge in [-0.05, 0) is 19.2 Å². The molecular weight excluding hydrogens is 190 g/mol. The van der Waals surface area contributed by atoms with Gasteiger partial charge in [-0.2, -0.15) is 0 Å². The van der Waals surface area contributed by atoms with Crippen LogP contribution in [0.15, 0.2) is 12.1 Å². The largest absolute Gasteiger partial charge is 0.504 e. The van der Waals surface area contributed by atoms with Gasteiger partial charge in [0, 0.05) is 17.1 Å². The van der Waals surface area contributed by atoms with Crippen LogP contribution >= 0.6 is 11.6 Å². The van der Waals surface area contributed by atoms with Crippen molar-refractivity contribution in [3.63, 3.8) is 0 Å². The van der Waals surface area contributed by atoms with Gasteiger partial charge in [0.1, 0.15) is 0 Å². The van der Waals surface area contributed by atoms with Gasteiger partial charge in [-0.15, -0.1) is 0 Å². The van der Waals surface area contributed by atoms with Crippen molar-refractivity contribution in [2.45, 2.75) is 6.54 Å². The van der Waals surface area contributed by atoms with E-state index in [1.165, 1.54) is 7.11 Å². The van der Waals surface area contributed by atoms with Crippen molar-refractivity contribution in [3.05, 3.63) is 22.7 Å². The molecule has 0 spiro atoms. The molecule has 3 nitrogen and oxygen atoms in total. The fourth-order valence-electron chi connectivity index (χ4n) is 1.10. The van der Waals surface area contributed by atoms with Gasteiger partial charge in [-0.25, -0.2) is 0 Å². The van der Waals surface area contributed by atoms with Crippen LogP contribution in [0.4, 0.5) is 0 Å². The zero-order chi connectivity index (χ0) is 9.84. The van der Waals surface area contributed by atoms with Crippen LogP contribution in [0, 0.1) is 0 Å². The third kappa shape index (κ3) is 2.05. The molecule has 0 saturated carbocycles. The lowest BCUT2D eigenvalue weighted by Gasteiger charge is -2.09. The third-order valence-corrected chi connectivity index (χ3v) is 2.12. The maximum atomic E-state index is 9.65. The molecular formula is C9H12ClNO2. The predicted octanol–water partition coefficient (Wildman–Crippen LogP) is 1.77. The van der Waals surface area contributed by atoms with Crippen LogP contribution in [0.1, 0.15) is 5.56 Å². The van der Waals surface area contributed by atoms with Crippen molar-refractivity contribution in [3.8, 4) is 11.5 Å². The molecule has 0 saturated heterocycles. The van der Waals surface area contributed by atoms with Crippen LogP contribution in [0.5, 0.6) is 11.5 Å². The van der Waals surface area contributed by atoms with Crippen molar-refractivity contribution in [2.75, 3.05) is 14.2 Å². The second-order valence-electron chi connectivity index (χ2n) is 2.61. The second-order valence-corrected chi connectivity index (χ2v) is 3.01. The highest BCUT2D eigenvalue weighted by atomic mass is 35.5. The Kier molecular flexibility index (Phi) is 3.39. The lowest BCUT2D eigenvalue weighted by molar-refractivity contribution is 0.370. The highest BCUT2D eigenvalue weighted by Gasteiger charge is 2.10. The van der Waals surface area contributed by atoms with Gasteiger partial charge < -0.3 is 15.2 Å². The highest BCUT2D eigenvalue weighted by Crippen LogP contribution is 2.34. The van der Waals surface area contributed by atoms with E-state index in [0.717, 1.165) is 0 Å². The Labute approximate surface area is 82.3 Å². The van der Waals surface area contributed by atoms with E-state index in [1.807, 2.05) is 0 Å². The van der Waals surface area contributed by atoms with Gasteiger partial charge in [0.05, 0.1) is 7.11 Å². The van der Waals surface area contributed by atoms with Crippen molar-refractivity contribution >= 4 is 11.6 Å². The Hall–Kier alpha value is -0.930. The summed E-state index contributed by atoms with van der Waals surface area (Å²) in [6.45, 7) is 0.516. The maximum absolute atomic E-state index is 9.65. The normalized spacial score (nSPS) is 10.1. The maximum Gasteiger partial charge on any atom is 0.163 e. The van der Waals surface area contributed by atoms with Crippen LogP contribution in [-0.4, -0.2) is 19.3 Å². The van der Waals surface area contributed by atoms with Crippen LogP contribution in [0.2, 0.25) is 5.02 Å². The predicted molar refractivity (Wildman–Crippen MR) is 52.4 cm³/mol. The minimum Gasteiger partial charge on any atom is -0.504 e. The summed E-state index contributed by atoms with van der Waals surface area (Å²) in [5, 5.41) is 13.1. The topological polar surface area (TPSA) is 41.5 Å². The molecule has 1 aromatic carbocycles. The summed E-state index contributed by atoms with van der Waals surface area (Å²) in [7, 11) is 3.29.